The van der Waals surface area contributed by atoms with Crippen LogP contribution in [0.4, 0.5) is 5.69 Å². The molecule has 25 heavy (non-hydrogen) atoms. The predicted octanol–water partition coefficient (Wildman–Crippen LogP) is 4.08. The molecule has 3 rings (SSSR count). The van der Waals surface area contributed by atoms with Gasteiger partial charge in [0.25, 0.3) is 11.5 Å². The highest BCUT2D eigenvalue weighted by Crippen LogP contribution is 2.23. The van der Waals surface area contributed by atoms with Crippen LogP contribution in [0.15, 0.2) is 75.2 Å². The topological polar surface area (TPSA) is 74.8 Å². The molecule has 2 heterocycles. The number of rotatable bonds is 5. The van der Waals surface area contributed by atoms with Crippen molar-refractivity contribution in [3.63, 3.8) is 0 Å². The highest BCUT2D eigenvalue weighted by molar-refractivity contribution is 9.10. The van der Waals surface area contributed by atoms with Crippen LogP contribution in [0.3, 0.4) is 0 Å². The SMILES string of the molecule is O=C(Nc1cc(Br)c[nH]c1=O)c1ccc(SCc2cccnc2)cc1. The van der Waals surface area contributed by atoms with Gasteiger partial charge in [-0.2, -0.15) is 0 Å². The summed E-state index contributed by atoms with van der Waals surface area (Å²) in [6, 6.07) is 12.8. The first-order valence-electron chi connectivity index (χ1n) is 7.43. The highest BCUT2D eigenvalue weighted by atomic mass is 79.9. The van der Waals surface area contributed by atoms with Crippen LogP contribution in [0.5, 0.6) is 0 Å². The zero-order valence-electron chi connectivity index (χ0n) is 13.0. The van der Waals surface area contributed by atoms with Crippen LogP contribution in [0.25, 0.3) is 0 Å². The lowest BCUT2D eigenvalue weighted by Gasteiger charge is -2.06. The zero-order chi connectivity index (χ0) is 17.6. The van der Waals surface area contributed by atoms with Gasteiger partial charge in [-0.05, 0) is 57.9 Å². The van der Waals surface area contributed by atoms with E-state index in [4.69, 9.17) is 0 Å². The predicted molar refractivity (Wildman–Crippen MR) is 103 cm³/mol. The van der Waals surface area contributed by atoms with Crippen LogP contribution in [0, 0.1) is 0 Å². The number of H-pyrrole nitrogens is 1. The van der Waals surface area contributed by atoms with Gasteiger partial charge >= 0.3 is 0 Å². The van der Waals surface area contributed by atoms with Gasteiger partial charge in [-0.25, -0.2) is 0 Å². The van der Waals surface area contributed by atoms with Gasteiger partial charge < -0.3 is 10.3 Å². The third-order valence-electron chi connectivity index (χ3n) is 3.36. The van der Waals surface area contributed by atoms with Crippen molar-refractivity contribution in [2.45, 2.75) is 10.6 Å². The Morgan fingerprint density at radius 3 is 2.76 bits per heavy atom. The van der Waals surface area contributed by atoms with Crippen molar-refractivity contribution >= 4 is 39.3 Å². The molecule has 0 saturated carbocycles. The number of aromatic amines is 1. The second kappa shape index (κ2) is 8.13. The molecule has 0 aliphatic carbocycles. The van der Waals surface area contributed by atoms with Gasteiger partial charge in [0.1, 0.15) is 5.69 Å². The summed E-state index contributed by atoms with van der Waals surface area (Å²) in [4.78, 5) is 31.7. The summed E-state index contributed by atoms with van der Waals surface area (Å²) in [5.41, 5.74) is 1.49. The number of hydrogen-bond donors (Lipinski definition) is 2. The Hall–Kier alpha value is -2.38. The second-order valence-corrected chi connectivity index (χ2v) is 7.15. The van der Waals surface area contributed by atoms with Crippen molar-refractivity contribution in [2.24, 2.45) is 0 Å². The molecule has 126 valence electrons. The van der Waals surface area contributed by atoms with E-state index < -0.39 is 0 Å². The average molecular weight is 416 g/mol. The second-order valence-electron chi connectivity index (χ2n) is 5.19. The van der Waals surface area contributed by atoms with Crippen LogP contribution in [-0.2, 0) is 5.75 Å². The van der Waals surface area contributed by atoms with Gasteiger partial charge in [0.15, 0.2) is 0 Å². The summed E-state index contributed by atoms with van der Waals surface area (Å²) in [5, 5.41) is 2.62. The standard InChI is InChI=1S/C18H14BrN3O2S/c19-14-8-16(18(24)21-10-14)22-17(23)13-3-5-15(6-4-13)25-11-12-2-1-7-20-9-12/h1-10H,11H2,(H,21,24)(H,22,23). The van der Waals surface area contributed by atoms with Crippen LogP contribution in [0.2, 0.25) is 0 Å². The summed E-state index contributed by atoms with van der Waals surface area (Å²) in [6.07, 6.45) is 5.11. The molecule has 0 aliphatic heterocycles. The summed E-state index contributed by atoms with van der Waals surface area (Å²) < 4.78 is 0.685. The monoisotopic (exact) mass is 415 g/mol. The van der Waals surface area contributed by atoms with E-state index in [1.807, 2.05) is 30.5 Å². The van der Waals surface area contributed by atoms with E-state index in [9.17, 15) is 9.59 Å². The van der Waals surface area contributed by atoms with E-state index in [-0.39, 0.29) is 17.2 Å². The van der Waals surface area contributed by atoms with E-state index in [1.54, 1.807) is 36.2 Å². The molecular weight excluding hydrogens is 402 g/mol. The molecule has 7 heteroatoms. The number of carbonyl (C=O) groups is 1. The molecule has 1 aromatic carbocycles. The first kappa shape index (κ1) is 17.4. The Kier molecular flexibility index (Phi) is 5.67. The molecule has 2 aromatic heterocycles. The summed E-state index contributed by atoms with van der Waals surface area (Å²) >= 11 is 4.93. The number of thioether (sulfide) groups is 1. The molecule has 0 spiro atoms. The fourth-order valence-corrected chi connectivity index (χ4v) is 3.27. The third kappa shape index (κ3) is 4.80. The maximum Gasteiger partial charge on any atom is 0.271 e. The molecule has 0 bridgehead atoms. The summed E-state index contributed by atoms with van der Waals surface area (Å²) in [7, 11) is 0. The number of carbonyl (C=O) groups excluding carboxylic acids is 1. The van der Waals surface area contributed by atoms with Gasteiger partial charge in [0.2, 0.25) is 0 Å². The van der Waals surface area contributed by atoms with Crippen molar-refractivity contribution in [3.05, 3.63) is 87.0 Å². The number of nitrogens with one attached hydrogen (secondary N) is 2. The lowest BCUT2D eigenvalue weighted by molar-refractivity contribution is 0.102. The molecular formula is C18H14BrN3O2S. The zero-order valence-corrected chi connectivity index (χ0v) is 15.4. The minimum atomic E-state index is -0.347. The van der Waals surface area contributed by atoms with Crippen LogP contribution < -0.4 is 10.9 Å². The highest BCUT2D eigenvalue weighted by Gasteiger charge is 2.09. The quantitative estimate of drug-likeness (QED) is 0.615. The van der Waals surface area contributed by atoms with Gasteiger partial charge in [-0.15, -0.1) is 11.8 Å². The summed E-state index contributed by atoms with van der Waals surface area (Å²) in [5.74, 6) is 0.486. The number of aromatic nitrogens is 2. The lowest BCUT2D eigenvalue weighted by atomic mass is 10.2. The van der Waals surface area contributed by atoms with Crippen molar-refractivity contribution in [3.8, 4) is 0 Å². The van der Waals surface area contributed by atoms with E-state index in [0.717, 1.165) is 16.2 Å². The fraction of sp³-hybridized carbons (Fsp3) is 0.0556. The van der Waals surface area contributed by atoms with Crippen molar-refractivity contribution < 1.29 is 4.79 Å². The maximum absolute atomic E-state index is 12.3. The van der Waals surface area contributed by atoms with E-state index >= 15 is 0 Å². The minimum Gasteiger partial charge on any atom is -0.326 e. The van der Waals surface area contributed by atoms with Crippen molar-refractivity contribution in [1.82, 2.24) is 9.97 Å². The summed E-state index contributed by atoms with van der Waals surface area (Å²) in [6.45, 7) is 0. The van der Waals surface area contributed by atoms with Crippen LogP contribution in [-0.4, -0.2) is 15.9 Å². The molecule has 0 atom stereocenters. The minimum absolute atomic E-state index is 0.203. The molecule has 0 radical (unpaired) electrons. The smallest absolute Gasteiger partial charge is 0.271 e. The molecule has 3 aromatic rings. The fourth-order valence-electron chi connectivity index (χ4n) is 2.10. The molecule has 5 nitrogen and oxygen atoms in total. The number of anilines is 1. The van der Waals surface area contributed by atoms with Crippen molar-refractivity contribution in [1.29, 1.82) is 0 Å². The lowest BCUT2D eigenvalue weighted by Crippen LogP contribution is -2.19. The van der Waals surface area contributed by atoms with Gasteiger partial charge in [0, 0.05) is 39.3 Å². The number of benzene rings is 1. The first-order chi connectivity index (χ1) is 12.1. The van der Waals surface area contributed by atoms with E-state index in [1.165, 1.54) is 6.20 Å². The number of amides is 1. The normalized spacial score (nSPS) is 10.4. The third-order valence-corrected chi connectivity index (χ3v) is 4.90. The first-order valence-corrected chi connectivity index (χ1v) is 9.21. The Morgan fingerprint density at radius 1 is 1.24 bits per heavy atom. The van der Waals surface area contributed by atoms with Crippen LogP contribution in [0.1, 0.15) is 15.9 Å². The van der Waals surface area contributed by atoms with Gasteiger partial charge in [-0.3, -0.25) is 14.6 Å². The van der Waals surface area contributed by atoms with Gasteiger partial charge in [-0.1, -0.05) is 6.07 Å². The Balaban J connectivity index is 1.64. The molecule has 0 fully saturated rings. The number of halogens is 1. The van der Waals surface area contributed by atoms with Gasteiger partial charge in [0.05, 0.1) is 0 Å². The molecule has 0 aliphatic rings. The maximum atomic E-state index is 12.3. The number of hydrogen-bond acceptors (Lipinski definition) is 4. The molecule has 2 N–H and O–H groups in total. The Labute approximate surface area is 157 Å². The Morgan fingerprint density at radius 2 is 2.04 bits per heavy atom. The molecule has 0 saturated heterocycles. The molecule has 1 amide bonds. The number of nitrogens with zero attached hydrogens (tertiary/aromatic N) is 1. The number of pyridine rings is 2. The van der Waals surface area contributed by atoms with Crippen LogP contribution >= 0.6 is 27.7 Å². The average Bonchev–Trinajstić information content (AvgIpc) is 2.64. The largest absolute Gasteiger partial charge is 0.326 e. The van der Waals surface area contributed by atoms with Crippen molar-refractivity contribution in [2.75, 3.05) is 5.32 Å². The van der Waals surface area contributed by atoms with E-state index in [0.29, 0.717) is 10.0 Å². The molecule has 0 unspecified atom stereocenters. The van der Waals surface area contributed by atoms with E-state index in [2.05, 4.69) is 31.2 Å². The Bertz CT molecular complexity index is 927.